The molecule has 1 aromatic rings. The second kappa shape index (κ2) is 7.74. The number of amides is 1. The first-order valence-corrected chi connectivity index (χ1v) is 6.60. The van der Waals surface area contributed by atoms with Gasteiger partial charge in [-0.15, -0.1) is 0 Å². The summed E-state index contributed by atoms with van der Waals surface area (Å²) in [6.45, 7) is 0.536. The quantitative estimate of drug-likeness (QED) is 0.611. The Bertz CT molecular complexity index is 430. The van der Waals surface area contributed by atoms with E-state index in [9.17, 15) is 4.79 Å². The Balaban J connectivity index is 2.30. The summed E-state index contributed by atoms with van der Waals surface area (Å²) >= 11 is 4.85. The van der Waals surface area contributed by atoms with Crippen molar-refractivity contribution in [2.24, 2.45) is 5.73 Å². The molecule has 0 heterocycles. The number of rotatable bonds is 7. The maximum absolute atomic E-state index is 11.3. The van der Waals surface area contributed by atoms with E-state index in [0.29, 0.717) is 30.9 Å². The van der Waals surface area contributed by atoms with Crippen molar-refractivity contribution in [3.63, 3.8) is 0 Å². The van der Waals surface area contributed by atoms with Crippen molar-refractivity contribution >= 4 is 23.1 Å². The van der Waals surface area contributed by atoms with Gasteiger partial charge in [0.2, 0.25) is 5.91 Å². The van der Waals surface area contributed by atoms with E-state index in [1.165, 1.54) is 0 Å². The van der Waals surface area contributed by atoms with Crippen LogP contribution < -0.4 is 10.5 Å². The minimum absolute atomic E-state index is 0.121. The summed E-state index contributed by atoms with van der Waals surface area (Å²) in [4.78, 5) is 13.4. The average Bonchev–Trinajstić information content (AvgIpc) is 2.35. The van der Waals surface area contributed by atoms with Crippen LogP contribution in [0.1, 0.15) is 18.4 Å². The van der Waals surface area contributed by atoms with E-state index in [0.717, 1.165) is 11.3 Å². The van der Waals surface area contributed by atoms with Gasteiger partial charge in [-0.05, 0) is 24.1 Å². The van der Waals surface area contributed by atoms with Crippen LogP contribution in [0.15, 0.2) is 24.3 Å². The Morgan fingerprint density at radius 1 is 1.32 bits per heavy atom. The van der Waals surface area contributed by atoms with Crippen molar-refractivity contribution in [2.75, 3.05) is 20.7 Å². The van der Waals surface area contributed by atoms with Gasteiger partial charge < -0.3 is 15.4 Å². The van der Waals surface area contributed by atoms with Gasteiger partial charge in [0.15, 0.2) is 0 Å². The fourth-order valence-electron chi connectivity index (χ4n) is 1.54. The van der Waals surface area contributed by atoms with Gasteiger partial charge in [-0.2, -0.15) is 0 Å². The molecule has 19 heavy (non-hydrogen) atoms. The van der Waals surface area contributed by atoms with Crippen LogP contribution in [-0.4, -0.2) is 36.5 Å². The number of benzene rings is 1. The van der Waals surface area contributed by atoms with Crippen LogP contribution >= 0.6 is 12.2 Å². The Morgan fingerprint density at radius 3 is 2.47 bits per heavy atom. The van der Waals surface area contributed by atoms with Crippen molar-refractivity contribution in [1.82, 2.24) is 4.90 Å². The van der Waals surface area contributed by atoms with E-state index in [1.54, 1.807) is 19.0 Å². The molecule has 0 bridgehead atoms. The predicted molar refractivity (Wildman–Crippen MR) is 80.4 cm³/mol. The highest BCUT2D eigenvalue weighted by Gasteiger charge is 2.03. The number of thiocarbonyl (C=S) groups is 1. The highest BCUT2D eigenvalue weighted by Crippen LogP contribution is 2.13. The van der Waals surface area contributed by atoms with Gasteiger partial charge in [-0.1, -0.05) is 24.4 Å². The SMILES string of the molecule is CN(C)C(=O)CCCOc1ccc(CC(N)=S)cc1. The lowest BCUT2D eigenvalue weighted by molar-refractivity contribution is -0.128. The number of carbonyl (C=O) groups excluding carboxylic acids is 1. The maximum Gasteiger partial charge on any atom is 0.222 e. The van der Waals surface area contributed by atoms with Crippen LogP contribution in [0.25, 0.3) is 0 Å². The van der Waals surface area contributed by atoms with Gasteiger partial charge in [-0.3, -0.25) is 4.79 Å². The summed E-state index contributed by atoms with van der Waals surface area (Å²) in [6.07, 6.45) is 1.82. The molecule has 1 aromatic carbocycles. The lowest BCUT2D eigenvalue weighted by Gasteiger charge is -2.10. The summed E-state index contributed by atoms with van der Waals surface area (Å²) in [5.41, 5.74) is 6.55. The van der Waals surface area contributed by atoms with Crippen molar-refractivity contribution in [3.8, 4) is 5.75 Å². The van der Waals surface area contributed by atoms with Crippen molar-refractivity contribution < 1.29 is 9.53 Å². The Kier molecular flexibility index (Phi) is 6.29. The fraction of sp³-hybridized carbons (Fsp3) is 0.429. The summed E-state index contributed by atoms with van der Waals surface area (Å²) in [5, 5.41) is 0. The van der Waals surface area contributed by atoms with Gasteiger partial charge in [-0.25, -0.2) is 0 Å². The molecule has 1 amide bonds. The minimum atomic E-state index is 0.121. The van der Waals surface area contributed by atoms with E-state index in [2.05, 4.69) is 0 Å². The highest BCUT2D eigenvalue weighted by molar-refractivity contribution is 7.80. The molecule has 0 aliphatic rings. The lowest BCUT2D eigenvalue weighted by atomic mass is 10.1. The monoisotopic (exact) mass is 280 g/mol. The average molecular weight is 280 g/mol. The van der Waals surface area contributed by atoms with E-state index in [4.69, 9.17) is 22.7 Å². The van der Waals surface area contributed by atoms with Crippen LogP contribution in [-0.2, 0) is 11.2 Å². The summed E-state index contributed by atoms with van der Waals surface area (Å²) < 4.78 is 5.56. The first-order chi connectivity index (χ1) is 8.99. The summed E-state index contributed by atoms with van der Waals surface area (Å²) in [7, 11) is 3.51. The molecule has 0 aliphatic carbocycles. The van der Waals surface area contributed by atoms with Crippen LogP contribution in [0.3, 0.4) is 0 Å². The molecule has 0 saturated carbocycles. The Hall–Kier alpha value is -1.62. The van der Waals surface area contributed by atoms with Gasteiger partial charge in [0.25, 0.3) is 0 Å². The first-order valence-electron chi connectivity index (χ1n) is 6.19. The normalized spacial score (nSPS) is 10.0. The van der Waals surface area contributed by atoms with E-state index >= 15 is 0 Å². The van der Waals surface area contributed by atoms with E-state index < -0.39 is 0 Å². The molecule has 104 valence electrons. The van der Waals surface area contributed by atoms with Crippen LogP contribution in [0.5, 0.6) is 5.75 Å². The number of hydrogen-bond acceptors (Lipinski definition) is 3. The lowest BCUT2D eigenvalue weighted by Crippen LogP contribution is -2.21. The molecular formula is C14H20N2O2S. The van der Waals surface area contributed by atoms with Gasteiger partial charge in [0, 0.05) is 26.9 Å². The third-order valence-corrected chi connectivity index (χ3v) is 2.75. The van der Waals surface area contributed by atoms with Crippen molar-refractivity contribution in [3.05, 3.63) is 29.8 Å². The molecule has 0 fully saturated rings. The zero-order valence-corrected chi connectivity index (χ0v) is 12.2. The molecule has 4 nitrogen and oxygen atoms in total. The molecule has 0 spiro atoms. The number of hydrogen-bond donors (Lipinski definition) is 1. The Morgan fingerprint density at radius 2 is 1.95 bits per heavy atom. The fourth-order valence-corrected chi connectivity index (χ4v) is 1.71. The highest BCUT2D eigenvalue weighted by atomic mass is 32.1. The molecule has 2 N–H and O–H groups in total. The molecule has 0 atom stereocenters. The molecule has 1 rings (SSSR count). The van der Waals surface area contributed by atoms with Gasteiger partial charge in [0.05, 0.1) is 11.6 Å². The molecule has 0 aromatic heterocycles. The van der Waals surface area contributed by atoms with Crippen LogP contribution in [0.2, 0.25) is 0 Å². The zero-order valence-electron chi connectivity index (χ0n) is 11.4. The van der Waals surface area contributed by atoms with E-state index in [1.807, 2.05) is 24.3 Å². The number of nitrogens with two attached hydrogens (primary N) is 1. The molecule has 0 unspecified atom stereocenters. The molecule has 5 heteroatoms. The number of ether oxygens (including phenoxy) is 1. The van der Waals surface area contributed by atoms with Gasteiger partial charge >= 0.3 is 0 Å². The van der Waals surface area contributed by atoms with Crippen molar-refractivity contribution in [2.45, 2.75) is 19.3 Å². The number of nitrogens with zero attached hydrogens (tertiary/aromatic N) is 1. The predicted octanol–water partition coefficient (Wildman–Crippen LogP) is 1.76. The molecule has 0 saturated heterocycles. The standard InChI is InChI=1S/C14H20N2O2S/c1-16(2)14(17)4-3-9-18-12-7-5-11(6-8-12)10-13(15)19/h5-8H,3-4,9-10H2,1-2H3,(H2,15,19). The third kappa shape index (κ3) is 6.20. The molecule has 0 radical (unpaired) electrons. The third-order valence-electron chi connectivity index (χ3n) is 2.60. The first kappa shape index (κ1) is 15.4. The number of carbonyl (C=O) groups is 1. The molecular weight excluding hydrogens is 260 g/mol. The van der Waals surface area contributed by atoms with Crippen LogP contribution in [0.4, 0.5) is 0 Å². The summed E-state index contributed by atoms with van der Waals surface area (Å²) in [5.74, 6) is 0.916. The second-order valence-corrected chi connectivity index (χ2v) is 5.05. The van der Waals surface area contributed by atoms with E-state index in [-0.39, 0.29) is 5.91 Å². The summed E-state index contributed by atoms with van der Waals surface area (Å²) in [6, 6.07) is 7.67. The largest absolute Gasteiger partial charge is 0.494 e. The zero-order chi connectivity index (χ0) is 14.3. The topological polar surface area (TPSA) is 55.6 Å². The van der Waals surface area contributed by atoms with Crippen molar-refractivity contribution in [1.29, 1.82) is 0 Å². The minimum Gasteiger partial charge on any atom is -0.494 e. The van der Waals surface area contributed by atoms with Gasteiger partial charge in [0.1, 0.15) is 5.75 Å². The second-order valence-electron chi connectivity index (χ2n) is 4.53. The Labute approximate surface area is 119 Å². The molecule has 0 aliphatic heterocycles. The maximum atomic E-state index is 11.3. The smallest absolute Gasteiger partial charge is 0.222 e. The van der Waals surface area contributed by atoms with Crippen LogP contribution in [0, 0.1) is 0 Å².